The van der Waals surface area contributed by atoms with Crippen molar-refractivity contribution >= 4 is 18.1 Å². The number of hydroxylamine groups is 2. The van der Waals surface area contributed by atoms with E-state index in [4.69, 9.17) is 14.8 Å². The number of hydrogen-bond acceptors (Lipinski definition) is 8. The maximum atomic E-state index is 12.2. The van der Waals surface area contributed by atoms with Gasteiger partial charge in [-0.15, -0.1) is 13.2 Å². The molecule has 3 rings (SSSR count). The van der Waals surface area contributed by atoms with E-state index in [-0.39, 0.29) is 17.8 Å². The summed E-state index contributed by atoms with van der Waals surface area (Å²) < 4.78 is 54.0. The number of nitrogens with two attached hydrogens (primary N) is 1. The van der Waals surface area contributed by atoms with Crippen LogP contribution in [-0.2, 0) is 9.08 Å². The fourth-order valence-corrected chi connectivity index (χ4v) is 4.42. The van der Waals surface area contributed by atoms with Gasteiger partial charge in [0, 0.05) is 20.1 Å². The summed E-state index contributed by atoms with van der Waals surface area (Å²) in [6.45, 7) is 2.68. The highest BCUT2D eigenvalue weighted by atomic mass is 32.2. The van der Waals surface area contributed by atoms with Gasteiger partial charge in [0.1, 0.15) is 35.4 Å². The maximum absolute atomic E-state index is 12.2. The predicted molar refractivity (Wildman–Crippen MR) is 109 cm³/mol. The van der Waals surface area contributed by atoms with Gasteiger partial charge in [-0.3, -0.25) is 4.79 Å². The number of benzene rings is 1. The normalized spacial score (nSPS) is 20.5. The average Bonchev–Trinajstić information content (AvgIpc) is 2.73. The van der Waals surface area contributed by atoms with E-state index in [0.717, 1.165) is 25.3 Å². The van der Waals surface area contributed by atoms with Crippen LogP contribution in [0.25, 0.3) is 0 Å². The molecule has 174 valence electrons. The first-order chi connectivity index (χ1) is 14.7. The Morgan fingerprint density at radius 2 is 1.77 bits per heavy atom. The molecule has 0 unspecified atom stereocenters. The minimum absolute atomic E-state index is 0.0710. The largest absolute Gasteiger partial charge is 0.573 e. The molecule has 2 heterocycles. The first-order valence-corrected chi connectivity index (χ1v) is 10.7. The lowest BCUT2D eigenvalue weighted by Gasteiger charge is -2.41. The number of nitrogens with one attached hydrogen (secondary N) is 1. The monoisotopic (exact) mass is 464 g/mol. The number of piperidine rings is 2. The minimum atomic E-state index is -4.72. The Bertz CT molecular complexity index is 724. The molecule has 2 aliphatic rings. The van der Waals surface area contributed by atoms with Crippen molar-refractivity contribution in [1.29, 1.82) is 0 Å². The van der Waals surface area contributed by atoms with Crippen LogP contribution in [0.2, 0.25) is 0 Å². The molecule has 0 spiro atoms. The zero-order valence-electron chi connectivity index (χ0n) is 17.2. The second kappa shape index (κ2) is 10.3. The van der Waals surface area contributed by atoms with Gasteiger partial charge in [0.2, 0.25) is 5.91 Å². The standard InChI is InChI=1S/C19H27F3N4O4S/c1-25(18(17(23)27)8-10-24-11-9-18)31-30-26-12-6-15(7-13-26)28-14-2-4-16(5-3-14)29-19(20,21)22/h2-5,15,24H,6-13H2,1H3,(H2,23,27). The van der Waals surface area contributed by atoms with Crippen molar-refractivity contribution in [3.8, 4) is 11.5 Å². The molecule has 2 saturated heterocycles. The van der Waals surface area contributed by atoms with E-state index >= 15 is 0 Å². The van der Waals surface area contributed by atoms with E-state index < -0.39 is 11.9 Å². The van der Waals surface area contributed by atoms with Gasteiger partial charge < -0.3 is 20.5 Å². The van der Waals surface area contributed by atoms with Crippen LogP contribution in [-0.4, -0.2) is 66.5 Å². The van der Waals surface area contributed by atoms with E-state index in [1.165, 1.54) is 24.3 Å². The topological polar surface area (TPSA) is 89.3 Å². The summed E-state index contributed by atoms with van der Waals surface area (Å²) in [5, 5.41) is 5.03. The molecule has 1 aromatic carbocycles. The Labute approximate surface area is 183 Å². The Hall–Kier alpha value is -1.73. The van der Waals surface area contributed by atoms with Crippen molar-refractivity contribution in [2.45, 2.75) is 43.7 Å². The third-order valence-corrected chi connectivity index (χ3v) is 6.35. The third-order valence-electron chi connectivity index (χ3n) is 5.50. The van der Waals surface area contributed by atoms with Crippen LogP contribution >= 0.6 is 12.2 Å². The van der Waals surface area contributed by atoms with E-state index in [0.29, 0.717) is 44.5 Å². The van der Waals surface area contributed by atoms with Crippen molar-refractivity contribution in [3.05, 3.63) is 24.3 Å². The summed E-state index contributed by atoms with van der Waals surface area (Å²) in [6, 6.07) is 5.36. The number of ether oxygens (including phenoxy) is 2. The molecule has 0 bridgehead atoms. The van der Waals surface area contributed by atoms with Crippen LogP contribution in [0.1, 0.15) is 25.7 Å². The highest BCUT2D eigenvalue weighted by molar-refractivity contribution is 7.92. The lowest BCUT2D eigenvalue weighted by Crippen LogP contribution is -2.58. The second-order valence-corrected chi connectivity index (χ2v) is 8.40. The highest BCUT2D eigenvalue weighted by Crippen LogP contribution is 2.32. The lowest BCUT2D eigenvalue weighted by atomic mass is 9.88. The molecule has 2 fully saturated rings. The van der Waals surface area contributed by atoms with Gasteiger partial charge >= 0.3 is 6.36 Å². The SMILES string of the molecule is CN(SON1CCC(Oc2ccc(OC(F)(F)F)cc2)CC1)C1(C(N)=O)CCNCC1. The number of likely N-dealkylation sites (N-methyl/N-ethyl adjacent to an activating group) is 1. The number of rotatable bonds is 8. The quantitative estimate of drug-likeness (QED) is 0.448. The predicted octanol–water partition coefficient (Wildman–Crippen LogP) is 2.46. The Balaban J connectivity index is 1.42. The molecule has 0 aliphatic carbocycles. The number of halogens is 3. The first kappa shape index (κ1) is 23.9. The number of alkyl halides is 3. The van der Waals surface area contributed by atoms with Crippen molar-refractivity contribution < 1.29 is 31.7 Å². The molecule has 0 atom stereocenters. The fourth-order valence-electron chi connectivity index (χ4n) is 3.66. The van der Waals surface area contributed by atoms with E-state index in [9.17, 15) is 18.0 Å². The molecule has 1 aromatic rings. The molecule has 8 nitrogen and oxygen atoms in total. The Morgan fingerprint density at radius 3 is 2.32 bits per heavy atom. The van der Waals surface area contributed by atoms with Gasteiger partial charge in [0.25, 0.3) is 0 Å². The maximum Gasteiger partial charge on any atom is 0.573 e. The smallest absolute Gasteiger partial charge is 0.490 e. The van der Waals surface area contributed by atoms with Crippen LogP contribution < -0.4 is 20.5 Å². The molecular formula is C19H27F3N4O4S. The number of hydrogen-bond donors (Lipinski definition) is 2. The number of amides is 1. The van der Waals surface area contributed by atoms with E-state index in [1.807, 2.05) is 7.05 Å². The number of carbonyl (C=O) groups is 1. The van der Waals surface area contributed by atoms with Crippen molar-refractivity contribution in [1.82, 2.24) is 14.7 Å². The Morgan fingerprint density at radius 1 is 1.19 bits per heavy atom. The molecule has 0 saturated carbocycles. The van der Waals surface area contributed by atoms with Crippen LogP contribution in [0.15, 0.2) is 24.3 Å². The van der Waals surface area contributed by atoms with E-state index in [2.05, 4.69) is 10.1 Å². The summed E-state index contributed by atoms with van der Waals surface area (Å²) >= 11 is 1.11. The molecule has 12 heteroatoms. The molecule has 0 aromatic heterocycles. The van der Waals surface area contributed by atoms with Crippen LogP contribution in [0, 0.1) is 0 Å². The second-order valence-electron chi connectivity index (χ2n) is 7.56. The van der Waals surface area contributed by atoms with Crippen molar-refractivity contribution in [2.24, 2.45) is 5.73 Å². The number of nitrogens with zero attached hydrogens (tertiary/aromatic N) is 2. The molecule has 31 heavy (non-hydrogen) atoms. The van der Waals surface area contributed by atoms with Gasteiger partial charge in [-0.05, 0) is 63.0 Å². The van der Waals surface area contributed by atoms with Crippen LogP contribution in [0.3, 0.4) is 0 Å². The minimum Gasteiger partial charge on any atom is -0.490 e. The first-order valence-electron chi connectivity index (χ1n) is 10.0. The molecule has 2 aliphatic heterocycles. The summed E-state index contributed by atoms with van der Waals surface area (Å²) in [5.41, 5.74) is 4.94. The summed E-state index contributed by atoms with van der Waals surface area (Å²) in [7, 11) is 1.81. The average molecular weight is 465 g/mol. The van der Waals surface area contributed by atoms with Gasteiger partial charge in [0.05, 0.1) is 0 Å². The summed E-state index contributed by atoms with van der Waals surface area (Å²) in [5.74, 6) is -0.157. The van der Waals surface area contributed by atoms with Gasteiger partial charge in [-0.2, -0.15) is 5.06 Å². The fraction of sp³-hybridized carbons (Fsp3) is 0.632. The number of primary amides is 1. The number of carbonyl (C=O) groups excluding carboxylic acids is 1. The lowest BCUT2D eigenvalue weighted by molar-refractivity contribution is -0.274. The Kier molecular flexibility index (Phi) is 7.92. The highest BCUT2D eigenvalue weighted by Gasteiger charge is 2.43. The van der Waals surface area contributed by atoms with Crippen molar-refractivity contribution in [2.75, 3.05) is 33.2 Å². The summed E-state index contributed by atoms with van der Waals surface area (Å²) in [4.78, 5) is 12.1. The molecular weight excluding hydrogens is 437 g/mol. The molecule has 1 amide bonds. The zero-order valence-corrected chi connectivity index (χ0v) is 18.0. The van der Waals surface area contributed by atoms with Gasteiger partial charge in [-0.1, -0.05) is 0 Å². The molecule has 3 N–H and O–H groups in total. The van der Waals surface area contributed by atoms with Gasteiger partial charge in [0.15, 0.2) is 0 Å². The molecule has 0 radical (unpaired) electrons. The summed E-state index contributed by atoms with van der Waals surface area (Å²) in [6.07, 6.45) is -2.16. The third kappa shape index (κ3) is 6.62. The van der Waals surface area contributed by atoms with Crippen molar-refractivity contribution in [3.63, 3.8) is 0 Å². The van der Waals surface area contributed by atoms with Gasteiger partial charge in [-0.25, -0.2) is 8.59 Å². The van der Waals surface area contributed by atoms with E-state index in [1.54, 1.807) is 9.37 Å². The van der Waals surface area contributed by atoms with Crippen LogP contribution in [0.4, 0.5) is 13.2 Å². The van der Waals surface area contributed by atoms with Crippen LogP contribution in [0.5, 0.6) is 11.5 Å². The zero-order chi connectivity index (χ0) is 22.5.